The zero-order chi connectivity index (χ0) is 25.7. The molecule has 6 nitrogen and oxygen atoms in total. The van der Waals surface area contributed by atoms with E-state index in [1.54, 1.807) is 4.90 Å². The summed E-state index contributed by atoms with van der Waals surface area (Å²) >= 11 is 0. The Morgan fingerprint density at radius 2 is 1.76 bits per heavy atom. The Hall–Kier alpha value is -3.55. The van der Waals surface area contributed by atoms with Gasteiger partial charge in [0.05, 0.1) is 22.8 Å². The van der Waals surface area contributed by atoms with Crippen LogP contribution < -0.4 is 4.90 Å². The fraction of sp³-hybridized carbons (Fsp3) is 0.414. The van der Waals surface area contributed by atoms with Crippen LogP contribution in [0, 0.1) is 25.5 Å². The third-order valence-corrected chi connectivity index (χ3v) is 7.91. The summed E-state index contributed by atoms with van der Waals surface area (Å²) in [5.74, 6) is -0.409. The zero-order valence-corrected chi connectivity index (χ0v) is 21.1. The molecular formula is C29H30F2N4O2. The first kappa shape index (κ1) is 23.8. The number of imidazole rings is 1. The number of aromatic nitrogens is 3. The number of hydrogen-bond donors (Lipinski definition) is 0. The minimum absolute atomic E-state index is 0.0964. The van der Waals surface area contributed by atoms with Crippen LogP contribution in [0.2, 0.25) is 0 Å². The van der Waals surface area contributed by atoms with Gasteiger partial charge in [0, 0.05) is 29.8 Å². The molecule has 2 fully saturated rings. The van der Waals surface area contributed by atoms with Gasteiger partial charge in [0.25, 0.3) is 0 Å². The summed E-state index contributed by atoms with van der Waals surface area (Å²) in [6, 6.07) is 9.87. The lowest BCUT2D eigenvalue weighted by Crippen LogP contribution is -2.40. The van der Waals surface area contributed by atoms with Crippen LogP contribution in [0.3, 0.4) is 0 Å². The van der Waals surface area contributed by atoms with Gasteiger partial charge in [-0.05, 0) is 69.4 Å². The maximum Gasteiger partial charge on any atom is 0.227 e. The highest BCUT2D eigenvalue weighted by Crippen LogP contribution is 2.41. The predicted octanol–water partition coefficient (Wildman–Crippen LogP) is 7.35. The number of carbonyl (C=O) groups is 1. The lowest BCUT2D eigenvalue weighted by molar-refractivity contribution is -0.120. The molecule has 1 aliphatic carbocycles. The monoisotopic (exact) mass is 504 g/mol. The molecule has 37 heavy (non-hydrogen) atoms. The van der Waals surface area contributed by atoms with Gasteiger partial charge in [0.1, 0.15) is 11.6 Å². The van der Waals surface area contributed by atoms with Crippen molar-refractivity contribution < 1.29 is 18.1 Å². The maximum absolute atomic E-state index is 14.2. The summed E-state index contributed by atoms with van der Waals surface area (Å²) in [7, 11) is 0. The Kier molecular flexibility index (Phi) is 6.05. The molecule has 2 aromatic carbocycles. The van der Waals surface area contributed by atoms with Gasteiger partial charge < -0.3 is 14.0 Å². The van der Waals surface area contributed by atoms with Gasteiger partial charge >= 0.3 is 0 Å². The minimum Gasteiger partial charge on any atom is -0.361 e. The first-order chi connectivity index (χ1) is 17.9. The largest absolute Gasteiger partial charge is 0.361 e. The molecule has 1 aliphatic heterocycles. The maximum atomic E-state index is 14.2. The lowest BCUT2D eigenvalue weighted by atomic mass is 9.94. The number of nitrogens with zero attached hydrogens (tertiary/aromatic N) is 4. The number of benzene rings is 2. The number of aryl methyl sites for hydroxylation is 2. The third-order valence-electron chi connectivity index (χ3n) is 7.91. The molecule has 0 N–H and O–H groups in total. The fourth-order valence-corrected chi connectivity index (χ4v) is 6.20. The molecule has 0 spiro atoms. The molecule has 192 valence electrons. The zero-order valence-electron chi connectivity index (χ0n) is 21.1. The summed E-state index contributed by atoms with van der Waals surface area (Å²) in [6.45, 7) is 3.83. The quantitative estimate of drug-likeness (QED) is 0.291. The van der Waals surface area contributed by atoms with Crippen LogP contribution in [0.4, 0.5) is 14.5 Å². The van der Waals surface area contributed by atoms with Gasteiger partial charge in [-0.3, -0.25) is 4.79 Å². The Labute approximate surface area is 214 Å². The molecule has 1 saturated heterocycles. The van der Waals surface area contributed by atoms with Gasteiger partial charge in [-0.25, -0.2) is 13.8 Å². The topological polar surface area (TPSA) is 64.2 Å². The van der Waals surface area contributed by atoms with Gasteiger partial charge in [0.15, 0.2) is 11.6 Å². The second-order valence-electron chi connectivity index (χ2n) is 10.3. The number of anilines is 1. The molecule has 1 atom stereocenters. The van der Waals surface area contributed by atoms with E-state index in [1.807, 2.05) is 13.8 Å². The number of halogens is 2. The van der Waals surface area contributed by atoms with Crippen molar-refractivity contribution in [2.75, 3.05) is 4.90 Å². The average Bonchev–Trinajstić information content (AvgIpc) is 3.44. The summed E-state index contributed by atoms with van der Waals surface area (Å²) in [6.07, 6.45) is 7.42. The first-order valence-corrected chi connectivity index (χ1v) is 13.1. The van der Waals surface area contributed by atoms with Crippen molar-refractivity contribution in [3.05, 3.63) is 65.3 Å². The van der Waals surface area contributed by atoms with Crippen LogP contribution in [0.5, 0.6) is 0 Å². The molecular weight excluding hydrogens is 474 g/mol. The smallest absolute Gasteiger partial charge is 0.227 e. The van der Waals surface area contributed by atoms with Crippen LogP contribution in [0.25, 0.3) is 22.2 Å². The van der Waals surface area contributed by atoms with Crippen molar-refractivity contribution in [1.82, 2.24) is 14.7 Å². The van der Waals surface area contributed by atoms with E-state index >= 15 is 0 Å². The molecule has 1 unspecified atom stereocenters. The number of fused-ring (bicyclic) bond motifs is 1. The van der Waals surface area contributed by atoms with Gasteiger partial charge in [-0.15, -0.1) is 0 Å². The van der Waals surface area contributed by atoms with Gasteiger partial charge in [-0.1, -0.05) is 30.5 Å². The SMILES string of the molecule is Cc1noc(C)c1-c1ccc2c(c1)nc(C1CCCC(=O)N1c1ccc(F)c(F)c1)n2C1CCCCC1. The summed E-state index contributed by atoms with van der Waals surface area (Å²) in [4.78, 5) is 20.0. The van der Waals surface area contributed by atoms with E-state index in [0.717, 1.165) is 83.7 Å². The Balaban J connectivity index is 1.52. The second-order valence-corrected chi connectivity index (χ2v) is 10.3. The highest BCUT2D eigenvalue weighted by molar-refractivity contribution is 5.95. The number of rotatable bonds is 4. The van der Waals surface area contributed by atoms with Crippen molar-refractivity contribution in [2.45, 2.75) is 77.3 Å². The van der Waals surface area contributed by atoms with Gasteiger partial charge in [0.2, 0.25) is 5.91 Å². The Bertz CT molecular complexity index is 1470. The van der Waals surface area contributed by atoms with E-state index in [-0.39, 0.29) is 18.0 Å². The van der Waals surface area contributed by atoms with E-state index in [2.05, 4.69) is 27.9 Å². The van der Waals surface area contributed by atoms with E-state index in [9.17, 15) is 13.6 Å². The first-order valence-electron chi connectivity index (χ1n) is 13.1. The number of piperidine rings is 1. The van der Waals surface area contributed by atoms with Crippen LogP contribution >= 0.6 is 0 Å². The van der Waals surface area contributed by atoms with Crippen LogP contribution in [0.15, 0.2) is 40.9 Å². The number of hydrogen-bond acceptors (Lipinski definition) is 4. The molecule has 8 heteroatoms. The Morgan fingerprint density at radius 1 is 0.946 bits per heavy atom. The average molecular weight is 505 g/mol. The summed E-state index contributed by atoms with van der Waals surface area (Å²) < 4.78 is 35.7. The predicted molar refractivity (Wildman–Crippen MR) is 137 cm³/mol. The van der Waals surface area contributed by atoms with Crippen LogP contribution in [-0.2, 0) is 4.79 Å². The fourth-order valence-electron chi connectivity index (χ4n) is 6.20. The summed E-state index contributed by atoms with van der Waals surface area (Å²) in [5, 5.41) is 4.11. The third kappa shape index (κ3) is 4.12. The number of amides is 1. The second kappa shape index (κ2) is 9.39. The van der Waals surface area contributed by atoms with Crippen molar-refractivity contribution in [2.24, 2.45) is 0 Å². The van der Waals surface area contributed by atoms with Crippen molar-refractivity contribution in [1.29, 1.82) is 0 Å². The van der Waals surface area contributed by atoms with E-state index < -0.39 is 11.6 Å². The molecule has 0 radical (unpaired) electrons. The Morgan fingerprint density at radius 3 is 2.49 bits per heavy atom. The van der Waals surface area contributed by atoms with Gasteiger partial charge in [-0.2, -0.15) is 0 Å². The molecule has 6 rings (SSSR count). The van der Waals surface area contributed by atoms with E-state index in [4.69, 9.17) is 9.51 Å². The van der Waals surface area contributed by atoms with Crippen molar-refractivity contribution in [3.8, 4) is 11.1 Å². The molecule has 2 aromatic heterocycles. The van der Waals surface area contributed by atoms with E-state index in [1.165, 1.54) is 12.5 Å². The van der Waals surface area contributed by atoms with E-state index in [0.29, 0.717) is 18.5 Å². The molecule has 0 bridgehead atoms. The highest BCUT2D eigenvalue weighted by Gasteiger charge is 2.36. The van der Waals surface area contributed by atoms with Crippen LogP contribution in [-0.4, -0.2) is 20.6 Å². The van der Waals surface area contributed by atoms with Crippen molar-refractivity contribution >= 4 is 22.6 Å². The standard InChI is InChI=1S/C29H30F2N4O2/c1-17-28(18(2)37-33-17)19-11-14-25-24(15-19)32-29(35(25)20-7-4-3-5-8-20)26-9-6-10-27(36)34(26)21-12-13-22(30)23(31)16-21/h11-16,20,26H,3-10H2,1-2H3. The molecule has 2 aliphatic rings. The highest BCUT2D eigenvalue weighted by atomic mass is 19.2. The molecule has 3 heterocycles. The molecule has 4 aromatic rings. The minimum atomic E-state index is -0.959. The summed E-state index contributed by atoms with van der Waals surface area (Å²) in [5.41, 5.74) is 5.02. The molecule has 1 amide bonds. The van der Waals surface area contributed by atoms with Crippen LogP contribution in [0.1, 0.15) is 80.7 Å². The normalized spacial score (nSPS) is 19.2. The number of carbonyl (C=O) groups excluding carboxylic acids is 1. The lowest BCUT2D eigenvalue weighted by Gasteiger charge is -2.37. The van der Waals surface area contributed by atoms with Crippen molar-refractivity contribution in [3.63, 3.8) is 0 Å². The molecule has 1 saturated carbocycles.